The van der Waals surface area contributed by atoms with Gasteiger partial charge in [0.05, 0.1) is 26.2 Å². The maximum absolute atomic E-state index is 15.5. The number of benzene rings is 1. The van der Waals surface area contributed by atoms with E-state index in [0.29, 0.717) is 43.2 Å². The Morgan fingerprint density at radius 2 is 2.06 bits per heavy atom. The lowest BCUT2D eigenvalue weighted by Gasteiger charge is -2.21. The minimum atomic E-state index is -0.758. The van der Waals surface area contributed by atoms with Gasteiger partial charge in [0.25, 0.3) is 0 Å². The quantitative estimate of drug-likeness (QED) is 0.473. The van der Waals surface area contributed by atoms with E-state index in [1.807, 2.05) is 12.1 Å². The van der Waals surface area contributed by atoms with E-state index in [-0.39, 0.29) is 35.0 Å². The topological polar surface area (TPSA) is 109 Å². The maximum Gasteiger partial charge on any atom is 0.343 e. The van der Waals surface area contributed by atoms with Gasteiger partial charge in [0.1, 0.15) is 22.7 Å². The summed E-state index contributed by atoms with van der Waals surface area (Å²) in [6.45, 7) is 4.68. The molecular formula is C26H31FN4O5. The number of esters is 1. The van der Waals surface area contributed by atoms with Gasteiger partial charge in [-0.25, -0.2) is 14.2 Å². The Kier molecular flexibility index (Phi) is 7.44. The molecule has 1 saturated heterocycles. The fraction of sp³-hybridized carbons (Fsp3) is 0.423. The number of rotatable bonds is 8. The Morgan fingerprint density at radius 3 is 2.69 bits per heavy atom. The average molecular weight is 499 g/mol. The van der Waals surface area contributed by atoms with Gasteiger partial charge in [-0.1, -0.05) is 0 Å². The predicted molar refractivity (Wildman–Crippen MR) is 135 cm³/mol. The van der Waals surface area contributed by atoms with Crippen LogP contribution in [-0.4, -0.2) is 55.5 Å². The number of hydrogen-bond acceptors (Lipinski definition) is 8. The van der Waals surface area contributed by atoms with Crippen molar-refractivity contribution in [3.8, 4) is 11.5 Å². The molecule has 4 rings (SSSR count). The highest BCUT2D eigenvalue weighted by Gasteiger charge is 2.27. The minimum absolute atomic E-state index is 0.0582. The van der Waals surface area contributed by atoms with Crippen LogP contribution in [0.25, 0.3) is 11.0 Å². The summed E-state index contributed by atoms with van der Waals surface area (Å²) in [5.41, 5.74) is 6.57. The number of nitrogens with two attached hydrogens (primary N) is 1. The van der Waals surface area contributed by atoms with Crippen LogP contribution in [0, 0.1) is 12.7 Å². The van der Waals surface area contributed by atoms with E-state index in [0.717, 1.165) is 12.0 Å². The van der Waals surface area contributed by atoms with Crippen LogP contribution in [0.2, 0.25) is 0 Å². The summed E-state index contributed by atoms with van der Waals surface area (Å²) in [5.74, 6) is 0.159. The third-order valence-corrected chi connectivity index (χ3v) is 6.49. The lowest BCUT2D eigenvalue weighted by molar-refractivity contribution is 0.0524. The molecule has 1 aliphatic rings. The molecule has 9 nitrogen and oxygen atoms in total. The molecule has 0 saturated carbocycles. The molecule has 3 aromatic rings. The van der Waals surface area contributed by atoms with Crippen LogP contribution in [0.15, 0.2) is 29.2 Å². The third kappa shape index (κ3) is 4.73. The highest BCUT2D eigenvalue weighted by Crippen LogP contribution is 2.29. The number of anilines is 1. The molecule has 2 N–H and O–H groups in total. The number of methoxy groups -OCH3 is 2. The van der Waals surface area contributed by atoms with E-state index in [9.17, 15) is 9.59 Å². The van der Waals surface area contributed by atoms with Gasteiger partial charge in [-0.2, -0.15) is 0 Å². The molecule has 10 heteroatoms. The van der Waals surface area contributed by atoms with Gasteiger partial charge >= 0.3 is 5.97 Å². The second-order valence-corrected chi connectivity index (χ2v) is 8.78. The first-order valence-corrected chi connectivity index (χ1v) is 11.9. The smallest absolute Gasteiger partial charge is 0.343 e. The lowest BCUT2D eigenvalue weighted by atomic mass is 10.1. The number of hydrogen-bond donors (Lipinski definition) is 1. The van der Waals surface area contributed by atoms with E-state index in [2.05, 4.69) is 4.98 Å². The van der Waals surface area contributed by atoms with Gasteiger partial charge < -0.3 is 29.4 Å². The Morgan fingerprint density at radius 1 is 1.28 bits per heavy atom. The summed E-state index contributed by atoms with van der Waals surface area (Å²) in [7, 11) is 3.17. The number of carbonyl (C=O) groups is 1. The first-order chi connectivity index (χ1) is 17.3. The largest absolute Gasteiger partial charge is 0.497 e. The maximum atomic E-state index is 15.5. The van der Waals surface area contributed by atoms with E-state index < -0.39 is 17.2 Å². The standard InChI is InChI=1S/C26H31FN4O5/c1-5-36-26(33)19-14-31(10-8-16-12-18(34-3)6-7-20(16)35-4)24-21(23(19)32)15(2)22(27)25(29-24)30-11-9-17(28)13-30/h6-7,12,14,17H,5,8-11,13,28H2,1-4H3. The van der Waals surface area contributed by atoms with Crippen molar-refractivity contribution in [2.24, 2.45) is 5.73 Å². The Bertz CT molecular complexity index is 1360. The Balaban J connectivity index is 1.87. The lowest BCUT2D eigenvalue weighted by Crippen LogP contribution is -2.29. The first kappa shape index (κ1) is 25.4. The zero-order chi connectivity index (χ0) is 26.0. The van der Waals surface area contributed by atoms with Crippen molar-refractivity contribution in [3.63, 3.8) is 0 Å². The molecule has 1 aliphatic heterocycles. The monoisotopic (exact) mass is 498 g/mol. The Labute approximate surface area is 208 Å². The Hall–Kier alpha value is -3.66. The zero-order valence-electron chi connectivity index (χ0n) is 21.0. The van der Waals surface area contributed by atoms with Crippen molar-refractivity contribution in [2.45, 2.75) is 39.3 Å². The first-order valence-electron chi connectivity index (χ1n) is 11.9. The number of nitrogens with zero attached hydrogens (tertiary/aromatic N) is 3. The normalized spacial score (nSPS) is 15.4. The second kappa shape index (κ2) is 10.5. The third-order valence-electron chi connectivity index (χ3n) is 6.49. The summed E-state index contributed by atoms with van der Waals surface area (Å²) in [4.78, 5) is 32.3. The number of aryl methyl sites for hydroxylation is 3. The molecule has 1 fully saturated rings. The molecule has 0 bridgehead atoms. The van der Waals surface area contributed by atoms with Crippen molar-refractivity contribution in [1.82, 2.24) is 9.55 Å². The van der Waals surface area contributed by atoms with Crippen LogP contribution in [0.4, 0.5) is 10.2 Å². The van der Waals surface area contributed by atoms with Crippen molar-refractivity contribution >= 4 is 22.8 Å². The number of pyridine rings is 2. The van der Waals surface area contributed by atoms with Gasteiger partial charge in [-0.3, -0.25) is 4.79 Å². The van der Waals surface area contributed by atoms with Crippen LogP contribution in [0.5, 0.6) is 11.5 Å². The number of aromatic nitrogens is 2. The van der Waals surface area contributed by atoms with Crippen molar-refractivity contribution in [3.05, 3.63) is 57.1 Å². The molecule has 0 aliphatic carbocycles. The van der Waals surface area contributed by atoms with Crippen LogP contribution in [0.3, 0.4) is 0 Å². The molecule has 1 atom stereocenters. The molecular weight excluding hydrogens is 467 g/mol. The molecule has 0 radical (unpaired) electrons. The molecule has 2 aromatic heterocycles. The predicted octanol–water partition coefficient (Wildman–Crippen LogP) is 2.82. The van der Waals surface area contributed by atoms with Crippen molar-refractivity contribution < 1.29 is 23.4 Å². The van der Waals surface area contributed by atoms with Crippen molar-refractivity contribution in [2.75, 3.05) is 38.8 Å². The molecule has 1 unspecified atom stereocenters. The average Bonchev–Trinajstić information content (AvgIpc) is 3.31. The molecule has 1 aromatic carbocycles. The van der Waals surface area contributed by atoms with E-state index in [1.54, 1.807) is 36.7 Å². The van der Waals surface area contributed by atoms with Gasteiger partial charge in [0.15, 0.2) is 11.6 Å². The van der Waals surface area contributed by atoms with Gasteiger partial charge in [-0.15, -0.1) is 0 Å². The van der Waals surface area contributed by atoms with Gasteiger partial charge in [-0.05, 0) is 50.5 Å². The number of carbonyl (C=O) groups excluding carboxylic acids is 1. The van der Waals surface area contributed by atoms with Gasteiger partial charge in [0, 0.05) is 37.4 Å². The van der Waals surface area contributed by atoms with E-state index in [1.165, 1.54) is 13.1 Å². The summed E-state index contributed by atoms with van der Waals surface area (Å²) < 4.78 is 33.1. The molecule has 0 amide bonds. The van der Waals surface area contributed by atoms with E-state index >= 15 is 4.39 Å². The second-order valence-electron chi connectivity index (χ2n) is 8.78. The van der Waals surface area contributed by atoms with Crippen LogP contribution >= 0.6 is 0 Å². The zero-order valence-corrected chi connectivity index (χ0v) is 21.0. The van der Waals surface area contributed by atoms with Crippen LogP contribution < -0.4 is 25.5 Å². The summed E-state index contributed by atoms with van der Waals surface area (Å²) in [6.07, 6.45) is 2.64. The molecule has 0 spiro atoms. The molecule has 192 valence electrons. The molecule has 3 heterocycles. The van der Waals surface area contributed by atoms with E-state index in [4.69, 9.17) is 19.9 Å². The summed E-state index contributed by atoms with van der Waals surface area (Å²) >= 11 is 0. The minimum Gasteiger partial charge on any atom is -0.497 e. The highest BCUT2D eigenvalue weighted by atomic mass is 19.1. The number of halogens is 1. The summed E-state index contributed by atoms with van der Waals surface area (Å²) in [6, 6.07) is 5.41. The van der Waals surface area contributed by atoms with Crippen molar-refractivity contribution in [1.29, 1.82) is 0 Å². The van der Waals surface area contributed by atoms with Crippen LogP contribution in [0.1, 0.15) is 34.8 Å². The SMILES string of the molecule is CCOC(=O)c1cn(CCc2cc(OC)ccc2OC)c2nc(N3CCC(N)C3)c(F)c(C)c2c1=O. The highest BCUT2D eigenvalue weighted by molar-refractivity contribution is 5.94. The number of ether oxygens (including phenoxy) is 3. The fourth-order valence-electron chi connectivity index (χ4n) is 4.57. The van der Waals surface area contributed by atoms with Gasteiger partial charge in [0.2, 0.25) is 5.43 Å². The fourth-order valence-corrected chi connectivity index (χ4v) is 4.57. The molecule has 36 heavy (non-hydrogen) atoms. The van der Waals surface area contributed by atoms with Crippen LogP contribution in [-0.2, 0) is 17.7 Å². The number of fused-ring (bicyclic) bond motifs is 1. The summed E-state index contributed by atoms with van der Waals surface area (Å²) in [5, 5.41) is 0.0582.